The first-order valence-corrected chi connectivity index (χ1v) is 10.2. The second-order valence-electron chi connectivity index (χ2n) is 8.19. The first-order chi connectivity index (χ1) is 13.4. The Morgan fingerprint density at radius 1 is 1.21 bits per heavy atom. The zero-order chi connectivity index (χ0) is 20.1. The first-order valence-electron chi connectivity index (χ1n) is 10.2. The third-order valence-corrected chi connectivity index (χ3v) is 6.73. The molecule has 4 rings (SSSR count). The molecule has 3 aliphatic rings. The van der Waals surface area contributed by atoms with Gasteiger partial charge >= 0.3 is 6.03 Å². The van der Waals surface area contributed by atoms with Gasteiger partial charge in [0.2, 0.25) is 0 Å². The van der Waals surface area contributed by atoms with Crippen LogP contribution in [0.2, 0.25) is 0 Å². The van der Waals surface area contributed by atoms with E-state index in [0.29, 0.717) is 6.54 Å². The Balaban J connectivity index is 1.84. The smallest absolute Gasteiger partial charge is 0.325 e. The monoisotopic (exact) mass is 383 g/mol. The lowest BCUT2D eigenvalue weighted by Gasteiger charge is -2.43. The summed E-state index contributed by atoms with van der Waals surface area (Å²) in [5.74, 6) is 1.76. The molecule has 0 radical (unpaired) electrons. The van der Waals surface area contributed by atoms with Crippen molar-refractivity contribution in [2.75, 3.05) is 33.9 Å². The molecule has 1 aromatic carbocycles. The van der Waals surface area contributed by atoms with Crippen LogP contribution in [0.3, 0.4) is 0 Å². The predicted molar refractivity (Wildman–Crippen MR) is 111 cm³/mol. The maximum Gasteiger partial charge on any atom is 0.325 e. The summed E-state index contributed by atoms with van der Waals surface area (Å²) in [6, 6.07) is 4.12. The number of allylic oxidation sites excluding steroid dienone is 1. The number of methoxy groups -OCH3 is 2. The lowest BCUT2D eigenvalue weighted by Crippen LogP contribution is -2.53. The van der Waals surface area contributed by atoms with E-state index in [1.165, 1.54) is 5.70 Å². The maximum absolute atomic E-state index is 13.4. The number of benzene rings is 1. The average Bonchev–Trinajstić information content (AvgIpc) is 2.81. The number of nitrogens with zero attached hydrogens (tertiary/aromatic N) is 3. The molecule has 2 fully saturated rings. The number of amides is 2. The van der Waals surface area contributed by atoms with Crippen LogP contribution < -0.4 is 9.47 Å². The normalized spacial score (nSPS) is 23.9. The predicted octanol–water partition coefficient (Wildman–Crippen LogP) is 2.35. The molecule has 0 N–H and O–H groups in total. The van der Waals surface area contributed by atoms with E-state index < -0.39 is 0 Å². The number of carbonyl (C=O) groups is 1. The van der Waals surface area contributed by atoms with E-state index in [9.17, 15) is 4.79 Å². The van der Waals surface area contributed by atoms with Gasteiger partial charge < -0.3 is 19.2 Å². The number of carbonyl (C=O) groups excluding carboxylic acids is 1. The molecule has 6 nitrogen and oxygen atoms in total. The topological polar surface area (TPSA) is 45.3 Å². The van der Waals surface area contributed by atoms with Gasteiger partial charge in [-0.25, -0.2) is 4.79 Å². The number of piperidine rings is 1. The molecule has 1 unspecified atom stereocenters. The summed E-state index contributed by atoms with van der Waals surface area (Å²) in [5, 5.41) is 0. The summed E-state index contributed by atoms with van der Waals surface area (Å²) in [6.07, 6.45) is 4.27. The Labute approximate surface area is 168 Å². The fourth-order valence-corrected chi connectivity index (χ4v) is 5.25. The van der Waals surface area contributed by atoms with Crippen LogP contribution in [0, 0.1) is 0 Å². The lowest BCUT2D eigenvalue weighted by atomic mass is 9.81. The highest BCUT2D eigenvalue weighted by Gasteiger charge is 2.54. The molecule has 150 valence electrons. The van der Waals surface area contributed by atoms with Crippen LogP contribution in [0.25, 0.3) is 0 Å². The van der Waals surface area contributed by atoms with Crippen molar-refractivity contribution in [3.63, 3.8) is 0 Å². The van der Waals surface area contributed by atoms with Crippen LogP contribution in [0.1, 0.15) is 43.7 Å². The summed E-state index contributed by atoms with van der Waals surface area (Å²) in [4.78, 5) is 19.9. The molecule has 1 atom stereocenters. The quantitative estimate of drug-likeness (QED) is 0.752. The van der Waals surface area contributed by atoms with Crippen molar-refractivity contribution >= 4 is 14.0 Å². The van der Waals surface area contributed by atoms with E-state index in [-0.39, 0.29) is 17.5 Å². The minimum Gasteiger partial charge on any atom is -0.497 e. The number of ether oxygens (including phenoxy) is 2. The standard InChI is InChI=1S/C21H30BN3O3/c1-5-25-20(26)24-13-15-11-16(27-3)12-17(28-4)19(15)14(2)10-18(24)21(25)6-8-23(22)9-7-21/h10-12,14H,5-9,13,22H2,1-4H3. The fraction of sp³-hybridized carbons (Fsp3) is 0.571. The number of rotatable bonds is 3. The van der Waals surface area contributed by atoms with Crippen LogP contribution in [-0.2, 0) is 6.54 Å². The molecule has 2 saturated heterocycles. The molecule has 7 heteroatoms. The van der Waals surface area contributed by atoms with E-state index in [2.05, 4.69) is 37.6 Å². The van der Waals surface area contributed by atoms with Crippen molar-refractivity contribution in [1.82, 2.24) is 14.6 Å². The van der Waals surface area contributed by atoms with Crippen LogP contribution in [0.4, 0.5) is 4.79 Å². The van der Waals surface area contributed by atoms with Crippen molar-refractivity contribution in [3.05, 3.63) is 35.0 Å². The molecule has 28 heavy (non-hydrogen) atoms. The van der Waals surface area contributed by atoms with Crippen LogP contribution in [0.15, 0.2) is 23.9 Å². The van der Waals surface area contributed by atoms with Gasteiger partial charge in [0, 0.05) is 29.8 Å². The zero-order valence-electron chi connectivity index (χ0n) is 17.6. The van der Waals surface area contributed by atoms with Crippen molar-refractivity contribution in [2.24, 2.45) is 0 Å². The van der Waals surface area contributed by atoms with Gasteiger partial charge in [-0.3, -0.25) is 4.90 Å². The zero-order valence-corrected chi connectivity index (χ0v) is 17.6. The molecule has 0 aromatic heterocycles. The van der Waals surface area contributed by atoms with Crippen molar-refractivity contribution < 1.29 is 14.3 Å². The summed E-state index contributed by atoms with van der Waals surface area (Å²) < 4.78 is 11.2. The third kappa shape index (κ3) is 2.71. The molecule has 0 aliphatic carbocycles. The van der Waals surface area contributed by atoms with Crippen LogP contribution in [0.5, 0.6) is 11.5 Å². The molecule has 3 aliphatic heterocycles. The largest absolute Gasteiger partial charge is 0.497 e. The van der Waals surface area contributed by atoms with E-state index in [0.717, 1.165) is 55.1 Å². The summed E-state index contributed by atoms with van der Waals surface area (Å²) in [6.45, 7) is 7.60. The SMILES string of the molecule is BN1CCC2(CC1)C1=CC(C)c3c(cc(OC)cc3OC)CN1C(=O)N2CC. The number of hydrogen-bond acceptors (Lipinski definition) is 4. The molecule has 1 aromatic rings. The molecular weight excluding hydrogens is 353 g/mol. The molecular formula is C21H30BN3O3. The number of urea groups is 1. The highest BCUT2D eigenvalue weighted by Crippen LogP contribution is 2.48. The Morgan fingerprint density at radius 3 is 2.54 bits per heavy atom. The molecule has 0 saturated carbocycles. The van der Waals surface area contributed by atoms with E-state index >= 15 is 0 Å². The Hall–Kier alpha value is -2.15. The second-order valence-corrected chi connectivity index (χ2v) is 8.19. The summed E-state index contributed by atoms with van der Waals surface area (Å²) in [5.41, 5.74) is 3.25. The average molecular weight is 383 g/mol. The van der Waals surface area contributed by atoms with Gasteiger partial charge in [-0.05, 0) is 44.5 Å². The second kappa shape index (κ2) is 7.03. The summed E-state index contributed by atoms with van der Waals surface area (Å²) >= 11 is 0. The van der Waals surface area contributed by atoms with Crippen LogP contribution >= 0.6 is 0 Å². The van der Waals surface area contributed by atoms with Crippen molar-refractivity contribution in [1.29, 1.82) is 0 Å². The Bertz CT molecular complexity index is 817. The van der Waals surface area contributed by atoms with Gasteiger partial charge in [-0.15, -0.1) is 0 Å². The van der Waals surface area contributed by atoms with Gasteiger partial charge in [0.05, 0.1) is 26.3 Å². The van der Waals surface area contributed by atoms with Gasteiger partial charge in [0.15, 0.2) is 7.98 Å². The fourth-order valence-electron chi connectivity index (χ4n) is 5.25. The van der Waals surface area contributed by atoms with E-state index in [1.54, 1.807) is 14.2 Å². The molecule has 3 heterocycles. The van der Waals surface area contributed by atoms with Gasteiger partial charge in [-0.2, -0.15) is 0 Å². The number of likely N-dealkylation sites (N-methyl/N-ethyl adjacent to an activating group) is 1. The maximum atomic E-state index is 13.4. The van der Waals surface area contributed by atoms with E-state index in [4.69, 9.17) is 9.47 Å². The van der Waals surface area contributed by atoms with E-state index in [1.807, 2.05) is 17.0 Å². The minimum atomic E-state index is -0.189. The first kappa shape index (κ1) is 19.2. The minimum absolute atomic E-state index is 0.125. The molecule has 2 amide bonds. The van der Waals surface area contributed by atoms with Crippen LogP contribution in [-0.4, -0.2) is 68.0 Å². The number of hydrogen-bond donors (Lipinski definition) is 0. The molecule has 1 spiro atoms. The summed E-state index contributed by atoms with van der Waals surface area (Å²) in [7, 11) is 5.52. The van der Waals surface area contributed by atoms with Crippen molar-refractivity contribution in [3.8, 4) is 11.5 Å². The van der Waals surface area contributed by atoms with Crippen molar-refractivity contribution in [2.45, 2.75) is 44.7 Å². The number of fused-ring (bicyclic) bond motifs is 3. The highest BCUT2D eigenvalue weighted by atomic mass is 16.5. The van der Waals surface area contributed by atoms with Gasteiger partial charge in [-0.1, -0.05) is 13.0 Å². The van der Waals surface area contributed by atoms with Gasteiger partial charge in [0.1, 0.15) is 11.5 Å². The molecule has 0 bridgehead atoms. The Kier molecular flexibility index (Phi) is 4.82. The van der Waals surface area contributed by atoms with Gasteiger partial charge in [0.25, 0.3) is 0 Å². The highest BCUT2D eigenvalue weighted by molar-refractivity contribution is 6.04. The third-order valence-electron chi connectivity index (χ3n) is 6.73. The Morgan fingerprint density at radius 2 is 1.93 bits per heavy atom. The lowest BCUT2D eigenvalue weighted by molar-refractivity contribution is 0.122.